The molecule has 0 aliphatic carbocycles. The number of unbranched alkanes of at least 4 members (excludes halogenated alkanes) is 30. The summed E-state index contributed by atoms with van der Waals surface area (Å²) in [5.41, 5.74) is 1.70. The number of carbonyl (C=O) groups is 4. The fourth-order valence-corrected chi connectivity index (χ4v) is 6.47. The second kappa shape index (κ2) is 56.1. The van der Waals surface area contributed by atoms with Gasteiger partial charge in [0.05, 0.1) is 13.2 Å². The topological polar surface area (TPSA) is 119 Å². The Bertz CT molecular complexity index is 1130. The van der Waals surface area contributed by atoms with Crippen molar-refractivity contribution in [1.29, 1.82) is 0 Å². The number of nitrogens with zero attached hydrogens (tertiary/aromatic N) is 1. The van der Waals surface area contributed by atoms with Gasteiger partial charge in [0.1, 0.15) is 6.61 Å². The highest BCUT2D eigenvalue weighted by atomic mass is 16.5. The largest absolute Gasteiger partial charge is 0.478 e. The van der Waals surface area contributed by atoms with Gasteiger partial charge in [0, 0.05) is 28.8 Å². The predicted molar refractivity (Wildman–Crippen MR) is 282 cm³/mol. The minimum absolute atomic E-state index is 0.254. The van der Waals surface area contributed by atoms with Crippen LogP contribution in [0.4, 0.5) is 0 Å². The third-order valence-corrected chi connectivity index (χ3v) is 11.0. The maximum absolute atomic E-state index is 11.2. The van der Waals surface area contributed by atoms with E-state index in [-0.39, 0.29) is 23.5 Å². The SMILES string of the molecule is C=C(C)C(=O)OCCCCCCCCCCCCCCCCCC.C=C(C)C(=O)OCCCCCCCCCCCCCCCCCC.C=C(C)C(=O)OCCN(C)C.C=C(CC)C(=O)O. The Balaban J connectivity index is -0.000000427. The number of hydrogen-bond acceptors (Lipinski definition) is 8. The zero-order valence-electron chi connectivity index (χ0n) is 44.7. The molecule has 9 nitrogen and oxygen atoms in total. The first-order valence-corrected chi connectivity index (χ1v) is 26.6. The van der Waals surface area contributed by atoms with Crippen LogP contribution in [0.2, 0.25) is 0 Å². The molecule has 66 heavy (non-hydrogen) atoms. The number of likely N-dealkylation sites (N-methyl/N-ethyl adjacent to an activating group) is 1. The first kappa shape index (κ1) is 69.4. The van der Waals surface area contributed by atoms with Crippen LogP contribution in [0.5, 0.6) is 0 Å². The van der Waals surface area contributed by atoms with Crippen LogP contribution in [0.1, 0.15) is 253 Å². The van der Waals surface area contributed by atoms with Gasteiger partial charge in [0.15, 0.2) is 0 Å². The lowest BCUT2D eigenvalue weighted by Crippen LogP contribution is -2.20. The molecule has 0 aromatic heterocycles. The summed E-state index contributed by atoms with van der Waals surface area (Å²) in [5, 5.41) is 8.08. The minimum Gasteiger partial charge on any atom is -0.478 e. The highest BCUT2D eigenvalue weighted by Gasteiger charge is 2.04. The van der Waals surface area contributed by atoms with Crippen molar-refractivity contribution in [2.75, 3.05) is 40.5 Å². The van der Waals surface area contributed by atoms with Crippen molar-refractivity contribution < 1.29 is 38.5 Å². The van der Waals surface area contributed by atoms with Gasteiger partial charge in [0.25, 0.3) is 0 Å². The molecule has 0 heterocycles. The molecule has 1 N–H and O–H groups in total. The zero-order chi connectivity index (χ0) is 50.5. The van der Waals surface area contributed by atoms with E-state index in [2.05, 4.69) is 40.2 Å². The Kier molecular flexibility index (Phi) is 59.0. The molecule has 0 fully saturated rings. The molecule has 0 atom stereocenters. The lowest BCUT2D eigenvalue weighted by atomic mass is 10.0. The average molecular weight is 934 g/mol. The first-order chi connectivity index (χ1) is 31.6. The summed E-state index contributed by atoms with van der Waals surface area (Å²) in [7, 11) is 3.85. The van der Waals surface area contributed by atoms with Crippen LogP contribution in [0.3, 0.4) is 0 Å². The molecule has 0 saturated heterocycles. The number of carbonyl (C=O) groups excluding carboxylic acids is 3. The second-order valence-electron chi connectivity index (χ2n) is 18.4. The van der Waals surface area contributed by atoms with Gasteiger partial charge < -0.3 is 24.2 Å². The smallest absolute Gasteiger partial charge is 0.333 e. The van der Waals surface area contributed by atoms with Gasteiger partial charge >= 0.3 is 23.9 Å². The van der Waals surface area contributed by atoms with Gasteiger partial charge in [0.2, 0.25) is 0 Å². The lowest BCUT2D eigenvalue weighted by molar-refractivity contribution is -0.140. The van der Waals surface area contributed by atoms with Gasteiger partial charge in [-0.15, -0.1) is 0 Å². The maximum Gasteiger partial charge on any atom is 0.333 e. The quantitative estimate of drug-likeness (QED) is 0.0276. The van der Waals surface area contributed by atoms with Crippen LogP contribution < -0.4 is 0 Å². The van der Waals surface area contributed by atoms with Crippen molar-refractivity contribution in [3.63, 3.8) is 0 Å². The lowest BCUT2D eigenvalue weighted by Gasteiger charge is -2.09. The number of carboxylic acid groups (broad SMARTS) is 1. The molecular weight excluding hydrogens is 827 g/mol. The molecule has 0 aliphatic heterocycles. The number of esters is 3. The normalized spacial score (nSPS) is 10.3. The predicted octanol–water partition coefficient (Wildman–Crippen LogP) is 16.4. The Morgan fingerprint density at radius 3 is 0.758 bits per heavy atom. The molecule has 0 bridgehead atoms. The summed E-state index contributed by atoms with van der Waals surface area (Å²) < 4.78 is 15.0. The van der Waals surface area contributed by atoms with Gasteiger partial charge in [-0.3, -0.25) is 0 Å². The maximum atomic E-state index is 11.2. The molecule has 0 aromatic rings. The Labute approximate surface area is 408 Å². The summed E-state index contributed by atoms with van der Waals surface area (Å²) in [6.45, 7) is 27.5. The van der Waals surface area contributed by atoms with Crippen molar-refractivity contribution in [3.05, 3.63) is 48.6 Å². The van der Waals surface area contributed by atoms with Gasteiger partial charge in [-0.05, 0) is 54.1 Å². The van der Waals surface area contributed by atoms with E-state index >= 15 is 0 Å². The highest BCUT2D eigenvalue weighted by molar-refractivity contribution is 5.87. The standard InChI is InChI=1S/2C22H42O2.C8H15NO2.C5H8O2/c2*1-4-5-6-7-8-9-10-11-12-13-14-15-16-17-18-19-20-24-22(23)21(2)3;1-7(2)8(10)11-6-5-9(3)4;1-3-4(2)5(6)7/h2*2,4-20H2,1,3H3;1,5-6H2,2-4H3;2-3H2,1H3,(H,6,7). The van der Waals surface area contributed by atoms with Gasteiger partial charge in [-0.25, -0.2) is 19.2 Å². The van der Waals surface area contributed by atoms with E-state index < -0.39 is 5.97 Å². The van der Waals surface area contributed by atoms with Crippen molar-refractivity contribution in [2.45, 2.75) is 253 Å². The summed E-state index contributed by atoms with van der Waals surface area (Å²) in [6.07, 6.45) is 44.0. The average Bonchev–Trinajstić information content (AvgIpc) is 3.28. The molecular formula is C57H107NO8. The molecule has 388 valence electrons. The van der Waals surface area contributed by atoms with Crippen LogP contribution in [-0.2, 0) is 33.4 Å². The zero-order valence-corrected chi connectivity index (χ0v) is 44.7. The molecule has 0 aliphatic rings. The van der Waals surface area contributed by atoms with Crippen molar-refractivity contribution in [2.24, 2.45) is 0 Å². The summed E-state index contributed by atoms with van der Waals surface area (Å²) in [4.78, 5) is 44.9. The molecule has 0 unspecified atom stereocenters. The monoisotopic (exact) mass is 934 g/mol. The Morgan fingerprint density at radius 1 is 0.379 bits per heavy atom. The second-order valence-corrected chi connectivity index (χ2v) is 18.4. The van der Waals surface area contributed by atoms with E-state index in [1.807, 2.05) is 19.0 Å². The third-order valence-electron chi connectivity index (χ3n) is 11.0. The van der Waals surface area contributed by atoms with Crippen molar-refractivity contribution in [3.8, 4) is 0 Å². The number of rotatable bonds is 42. The van der Waals surface area contributed by atoms with Crippen LogP contribution in [0.25, 0.3) is 0 Å². The molecule has 0 rings (SSSR count). The number of ether oxygens (including phenoxy) is 3. The molecule has 9 heteroatoms. The Hall–Kier alpha value is -3.20. The number of aliphatic carboxylic acids is 1. The molecule has 0 saturated carbocycles. The van der Waals surface area contributed by atoms with E-state index in [9.17, 15) is 19.2 Å². The van der Waals surface area contributed by atoms with Crippen molar-refractivity contribution in [1.82, 2.24) is 4.90 Å². The summed E-state index contributed by atoms with van der Waals surface area (Å²) >= 11 is 0. The van der Waals surface area contributed by atoms with Crippen LogP contribution in [0.15, 0.2) is 48.6 Å². The van der Waals surface area contributed by atoms with E-state index in [4.69, 9.17) is 19.3 Å². The number of carboxylic acids is 1. The van der Waals surface area contributed by atoms with Crippen molar-refractivity contribution >= 4 is 23.9 Å². The van der Waals surface area contributed by atoms with Crippen LogP contribution in [-0.4, -0.2) is 74.3 Å². The Morgan fingerprint density at radius 2 is 0.591 bits per heavy atom. The van der Waals surface area contributed by atoms with E-state index in [1.54, 1.807) is 27.7 Å². The molecule has 0 radical (unpaired) electrons. The van der Waals surface area contributed by atoms with Gasteiger partial charge in [-0.1, -0.05) is 240 Å². The highest BCUT2D eigenvalue weighted by Crippen LogP contribution is 2.15. The van der Waals surface area contributed by atoms with E-state index in [0.29, 0.717) is 43.0 Å². The van der Waals surface area contributed by atoms with Crippen LogP contribution >= 0.6 is 0 Å². The van der Waals surface area contributed by atoms with E-state index in [0.717, 1.165) is 19.4 Å². The van der Waals surface area contributed by atoms with Crippen LogP contribution in [0, 0.1) is 0 Å². The fraction of sp³-hybridized carbons (Fsp3) is 0.789. The van der Waals surface area contributed by atoms with E-state index in [1.165, 1.54) is 193 Å². The van der Waals surface area contributed by atoms with Gasteiger partial charge in [-0.2, -0.15) is 0 Å². The first-order valence-electron chi connectivity index (χ1n) is 26.6. The summed E-state index contributed by atoms with van der Waals surface area (Å²) in [6, 6.07) is 0. The summed E-state index contributed by atoms with van der Waals surface area (Å²) in [5.74, 6) is -1.72. The molecule has 0 spiro atoms. The third kappa shape index (κ3) is 62.9. The minimum atomic E-state index is -0.900. The molecule has 0 aromatic carbocycles. The number of hydrogen-bond donors (Lipinski definition) is 1. The fourth-order valence-electron chi connectivity index (χ4n) is 6.47. The molecule has 0 amide bonds.